The lowest BCUT2D eigenvalue weighted by atomic mass is 9.86. The number of hydrogen-bond donors (Lipinski definition) is 2. The van der Waals surface area contributed by atoms with E-state index >= 15 is 0 Å². The number of aromatic nitrogens is 2. The minimum Gasteiger partial charge on any atom is -0.489 e. The molecule has 5 rings (SSSR count). The summed E-state index contributed by atoms with van der Waals surface area (Å²) in [6.07, 6.45) is 3.19. The van der Waals surface area contributed by atoms with Crippen molar-refractivity contribution in [1.82, 2.24) is 14.9 Å². The average molecular weight is 516 g/mol. The van der Waals surface area contributed by atoms with Gasteiger partial charge in [-0.2, -0.15) is 4.98 Å². The third-order valence-corrected chi connectivity index (χ3v) is 7.64. The van der Waals surface area contributed by atoms with Crippen LogP contribution in [0.4, 0.5) is 23.1 Å². The van der Waals surface area contributed by atoms with Crippen molar-refractivity contribution in [2.75, 3.05) is 30.8 Å². The number of benzene rings is 2. The molecule has 0 aliphatic carbocycles. The normalized spacial score (nSPS) is 14.7. The summed E-state index contributed by atoms with van der Waals surface area (Å²) in [5, 5.41) is 8.82. The third-order valence-electron chi connectivity index (χ3n) is 6.72. The molecule has 0 spiro atoms. The highest BCUT2D eigenvalue weighted by atomic mass is 32.1. The predicted octanol–water partition coefficient (Wildman–Crippen LogP) is 6.90. The Kier molecular flexibility index (Phi) is 7.39. The first kappa shape index (κ1) is 25.2. The van der Waals surface area contributed by atoms with E-state index in [1.165, 1.54) is 11.1 Å². The van der Waals surface area contributed by atoms with Gasteiger partial charge < -0.3 is 20.3 Å². The molecule has 0 saturated carbocycles. The number of fused-ring (bicyclic) bond motifs is 1. The quantitative estimate of drug-likeness (QED) is 0.247. The lowest BCUT2D eigenvalue weighted by Gasteiger charge is -2.30. The monoisotopic (exact) mass is 515 g/mol. The first-order valence-corrected chi connectivity index (χ1v) is 13.6. The van der Waals surface area contributed by atoms with Gasteiger partial charge in [0.25, 0.3) is 0 Å². The van der Waals surface area contributed by atoms with Crippen LogP contribution in [0, 0.1) is 6.92 Å². The maximum Gasteiger partial charge on any atom is 0.229 e. The largest absolute Gasteiger partial charge is 0.489 e. The summed E-state index contributed by atoms with van der Waals surface area (Å²) in [4.78, 5) is 23.2. The van der Waals surface area contributed by atoms with E-state index in [9.17, 15) is 4.79 Å². The van der Waals surface area contributed by atoms with Gasteiger partial charge in [-0.3, -0.25) is 4.79 Å². The standard InChI is InChI=1S/C29H33N5O2S/c1-18(2)36-26-16-23(21-8-11-34(4)12-9-21)19(3)14-25(26)32-29-31-24-10-13-37-27(24)28(33-29)30-22-7-5-6-20(15-22)17-35/h5-7,10,13-18,21H,8-9,11-12H2,1-4H3,(H2,30,31,32,33). The molecule has 0 amide bonds. The average Bonchev–Trinajstić information content (AvgIpc) is 3.35. The van der Waals surface area contributed by atoms with Gasteiger partial charge in [-0.25, -0.2) is 4.98 Å². The van der Waals surface area contributed by atoms with Gasteiger partial charge in [0.1, 0.15) is 12.0 Å². The van der Waals surface area contributed by atoms with E-state index < -0.39 is 0 Å². The van der Waals surface area contributed by atoms with Gasteiger partial charge >= 0.3 is 0 Å². The highest BCUT2D eigenvalue weighted by molar-refractivity contribution is 7.17. The molecule has 0 unspecified atom stereocenters. The number of carbonyl (C=O) groups excluding carboxylic acids is 1. The van der Waals surface area contributed by atoms with Crippen LogP contribution >= 0.6 is 11.3 Å². The second-order valence-electron chi connectivity index (χ2n) is 9.97. The Morgan fingerprint density at radius 3 is 2.68 bits per heavy atom. The van der Waals surface area contributed by atoms with Crippen molar-refractivity contribution in [2.45, 2.75) is 45.6 Å². The first-order chi connectivity index (χ1) is 17.9. The Morgan fingerprint density at radius 2 is 1.92 bits per heavy atom. The van der Waals surface area contributed by atoms with E-state index in [0.29, 0.717) is 23.2 Å². The number of likely N-dealkylation sites (tertiary alicyclic amines) is 1. The van der Waals surface area contributed by atoms with Crippen LogP contribution in [0.15, 0.2) is 47.8 Å². The number of nitrogens with zero attached hydrogens (tertiary/aromatic N) is 3. The van der Waals surface area contributed by atoms with Gasteiger partial charge in [0.05, 0.1) is 22.0 Å². The Hall–Kier alpha value is -3.49. The van der Waals surface area contributed by atoms with Gasteiger partial charge in [-0.15, -0.1) is 11.3 Å². The molecule has 7 nitrogen and oxygen atoms in total. The number of anilines is 4. The number of hydrogen-bond acceptors (Lipinski definition) is 8. The van der Waals surface area contributed by atoms with Crippen LogP contribution < -0.4 is 15.4 Å². The Labute approximate surface area is 221 Å². The predicted molar refractivity (Wildman–Crippen MR) is 152 cm³/mol. The molecule has 2 N–H and O–H groups in total. The Bertz CT molecular complexity index is 1410. The third kappa shape index (κ3) is 5.76. The summed E-state index contributed by atoms with van der Waals surface area (Å²) >= 11 is 1.58. The van der Waals surface area contributed by atoms with E-state index in [2.05, 4.69) is 41.6 Å². The molecule has 192 valence electrons. The Morgan fingerprint density at radius 1 is 1.11 bits per heavy atom. The van der Waals surface area contributed by atoms with Crippen molar-refractivity contribution >= 4 is 51.0 Å². The van der Waals surface area contributed by atoms with Gasteiger partial charge in [-0.1, -0.05) is 12.1 Å². The molecule has 1 saturated heterocycles. The van der Waals surface area contributed by atoms with Crippen LogP contribution in [0.2, 0.25) is 0 Å². The zero-order chi connectivity index (χ0) is 25.9. The fraction of sp³-hybridized carbons (Fsp3) is 0.345. The SMILES string of the molecule is Cc1cc(Nc2nc(Nc3cccc(C=O)c3)c3sccc3n2)c(OC(C)C)cc1C1CCN(C)CC1. The second-order valence-corrected chi connectivity index (χ2v) is 10.9. The zero-order valence-corrected chi connectivity index (χ0v) is 22.6. The maximum absolute atomic E-state index is 11.2. The second kappa shape index (κ2) is 10.9. The molecule has 8 heteroatoms. The van der Waals surface area contributed by atoms with Crippen molar-refractivity contribution in [1.29, 1.82) is 0 Å². The lowest BCUT2D eigenvalue weighted by Crippen LogP contribution is -2.29. The van der Waals surface area contributed by atoms with Gasteiger partial charge in [0.2, 0.25) is 5.95 Å². The van der Waals surface area contributed by atoms with Gasteiger partial charge in [0.15, 0.2) is 5.82 Å². The van der Waals surface area contributed by atoms with Crippen LogP contribution in [0.5, 0.6) is 5.75 Å². The van der Waals surface area contributed by atoms with E-state index in [4.69, 9.17) is 14.7 Å². The molecule has 4 aromatic rings. The van der Waals surface area contributed by atoms with E-state index in [1.54, 1.807) is 23.5 Å². The molecule has 3 heterocycles. The number of aldehydes is 1. The molecule has 2 aromatic carbocycles. The maximum atomic E-state index is 11.2. The summed E-state index contributed by atoms with van der Waals surface area (Å²) in [5.74, 6) is 2.53. The zero-order valence-electron chi connectivity index (χ0n) is 21.7. The molecule has 0 radical (unpaired) electrons. The fourth-order valence-electron chi connectivity index (χ4n) is 4.86. The smallest absolute Gasteiger partial charge is 0.229 e. The van der Waals surface area contributed by atoms with Crippen molar-refractivity contribution < 1.29 is 9.53 Å². The molecule has 1 aliphatic rings. The molecule has 2 aromatic heterocycles. The van der Waals surface area contributed by atoms with Gasteiger partial charge in [0, 0.05) is 11.3 Å². The van der Waals surface area contributed by atoms with Crippen molar-refractivity contribution in [3.8, 4) is 5.75 Å². The first-order valence-electron chi connectivity index (χ1n) is 12.7. The molecular formula is C29H33N5O2S. The molecular weight excluding hydrogens is 482 g/mol. The molecule has 0 bridgehead atoms. The topological polar surface area (TPSA) is 79.4 Å². The molecule has 0 atom stereocenters. The number of carbonyl (C=O) groups is 1. The van der Waals surface area contributed by atoms with Crippen molar-refractivity contribution in [3.63, 3.8) is 0 Å². The molecule has 37 heavy (non-hydrogen) atoms. The van der Waals surface area contributed by atoms with E-state index in [-0.39, 0.29) is 6.10 Å². The number of aryl methyl sites for hydroxylation is 1. The van der Waals surface area contributed by atoms with Crippen molar-refractivity contribution in [2.24, 2.45) is 0 Å². The van der Waals surface area contributed by atoms with Crippen LogP contribution in [-0.2, 0) is 0 Å². The molecule has 1 aliphatic heterocycles. The van der Waals surface area contributed by atoms with Crippen LogP contribution in [0.3, 0.4) is 0 Å². The summed E-state index contributed by atoms with van der Waals surface area (Å²) in [5.41, 5.74) is 5.71. The number of ether oxygens (including phenoxy) is 1. The number of piperidine rings is 1. The Balaban J connectivity index is 1.49. The summed E-state index contributed by atoms with van der Waals surface area (Å²) in [7, 11) is 2.19. The molecule has 1 fully saturated rings. The van der Waals surface area contributed by atoms with Crippen LogP contribution in [0.25, 0.3) is 10.2 Å². The summed E-state index contributed by atoms with van der Waals surface area (Å²) < 4.78 is 7.23. The fourth-order valence-corrected chi connectivity index (χ4v) is 5.64. The summed E-state index contributed by atoms with van der Waals surface area (Å²) in [6.45, 7) is 8.49. The van der Waals surface area contributed by atoms with E-state index in [1.807, 2.05) is 37.4 Å². The van der Waals surface area contributed by atoms with E-state index in [0.717, 1.165) is 59.6 Å². The minimum absolute atomic E-state index is 0.0381. The minimum atomic E-state index is 0.0381. The van der Waals surface area contributed by atoms with Crippen LogP contribution in [0.1, 0.15) is 54.1 Å². The summed E-state index contributed by atoms with van der Waals surface area (Å²) in [6, 6.07) is 13.7. The van der Waals surface area contributed by atoms with Crippen molar-refractivity contribution in [3.05, 3.63) is 64.5 Å². The lowest BCUT2D eigenvalue weighted by molar-refractivity contribution is 0.112. The number of nitrogens with one attached hydrogen (secondary N) is 2. The van der Waals surface area contributed by atoms with Crippen LogP contribution in [-0.4, -0.2) is 47.4 Å². The van der Waals surface area contributed by atoms with Gasteiger partial charge in [-0.05, 0) is 107 Å². The highest BCUT2D eigenvalue weighted by Crippen LogP contribution is 2.38. The number of thiophene rings is 1. The highest BCUT2D eigenvalue weighted by Gasteiger charge is 2.22. The number of rotatable bonds is 8.